The molecule has 0 aliphatic rings. The molecule has 1 aromatic carbocycles. The van der Waals surface area contributed by atoms with Gasteiger partial charge in [-0.3, -0.25) is 10.1 Å². The predicted octanol–water partition coefficient (Wildman–Crippen LogP) is 2.66. The van der Waals surface area contributed by atoms with Crippen LogP contribution in [0.15, 0.2) is 18.2 Å². The molecule has 0 unspecified atom stereocenters. The highest BCUT2D eigenvalue weighted by molar-refractivity contribution is 5.75. The average molecular weight is 237 g/mol. The molecule has 0 saturated heterocycles. The molecule has 0 radical (unpaired) electrons. The minimum absolute atomic E-state index is 0.0146. The van der Waals surface area contributed by atoms with E-state index in [1.165, 1.54) is 0 Å². The Hall–Kier alpha value is -1.78. The zero-order valence-corrected chi connectivity index (χ0v) is 10.7. The van der Waals surface area contributed by atoms with Gasteiger partial charge in [0.25, 0.3) is 0 Å². The monoisotopic (exact) mass is 237 g/mol. The summed E-state index contributed by atoms with van der Waals surface area (Å²) in [6.45, 7) is 6.97. The number of nitro benzene ring substituents is 1. The maximum Gasteiger partial charge on any atom is 0.315 e. The lowest BCUT2D eigenvalue weighted by molar-refractivity contribution is -0.383. The van der Waals surface area contributed by atoms with Crippen molar-refractivity contribution in [3.05, 3.63) is 28.3 Å². The first-order valence-corrected chi connectivity index (χ1v) is 5.46. The molecule has 2 N–H and O–H groups in total. The Kier molecular flexibility index (Phi) is 3.60. The van der Waals surface area contributed by atoms with Crippen molar-refractivity contribution >= 4 is 17.1 Å². The van der Waals surface area contributed by atoms with Crippen molar-refractivity contribution in [3.63, 3.8) is 0 Å². The first-order valence-electron chi connectivity index (χ1n) is 5.46. The van der Waals surface area contributed by atoms with Crippen LogP contribution in [-0.2, 0) is 0 Å². The Morgan fingerprint density at radius 1 is 1.41 bits per heavy atom. The Morgan fingerprint density at radius 3 is 2.47 bits per heavy atom. The molecule has 0 fully saturated rings. The van der Waals surface area contributed by atoms with Crippen LogP contribution in [-0.4, -0.2) is 18.5 Å². The van der Waals surface area contributed by atoms with Gasteiger partial charge in [-0.15, -0.1) is 0 Å². The van der Waals surface area contributed by atoms with E-state index in [9.17, 15) is 10.1 Å². The van der Waals surface area contributed by atoms with Crippen LogP contribution < -0.4 is 10.6 Å². The third-order valence-electron chi connectivity index (χ3n) is 2.35. The van der Waals surface area contributed by atoms with Gasteiger partial charge in [-0.25, -0.2) is 0 Å². The zero-order chi connectivity index (χ0) is 13.2. The van der Waals surface area contributed by atoms with Crippen molar-refractivity contribution in [1.29, 1.82) is 0 Å². The van der Waals surface area contributed by atoms with Gasteiger partial charge in [0.05, 0.1) is 4.92 Å². The third-order valence-corrected chi connectivity index (χ3v) is 2.35. The summed E-state index contributed by atoms with van der Waals surface area (Å²) in [6.07, 6.45) is 0. The SMILES string of the molecule is CN(CC(C)(C)C)c1cccc(N)c1[N+](=O)[O-]. The number of para-hydroxylation sites is 1. The van der Waals surface area contributed by atoms with Crippen molar-refractivity contribution in [2.24, 2.45) is 5.41 Å². The van der Waals surface area contributed by atoms with E-state index < -0.39 is 4.92 Å². The van der Waals surface area contributed by atoms with E-state index in [0.717, 1.165) is 6.54 Å². The molecule has 0 aliphatic carbocycles. The van der Waals surface area contributed by atoms with Gasteiger partial charge in [-0.1, -0.05) is 26.8 Å². The number of hydrogen-bond donors (Lipinski definition) is 1. The first kappa shape index (κ1) is 13.3. The molecular formula is C12H19N3O2. The van der Waals surface area contributed by atoms with E-state index in [1.54, 1.807) is 18.2 Å². The normalized spacial score (nSPS) is 11.3. The van der Waals surface area contributed by atoms with E-state index in [2.05, 4.69) is 20.8 Å². The quantitative estimate of drug-likeness (QED) is 0.498. The fourth-order valence-electron chi connectivity index (χ4n) is 1.85. The van der Waals surface area contributed by atoms with E-state index in [1.807, 2.05) is 11.9 Å². The molecule has 1 aromatic rings. The van der Waals surface area contributed by atoms with Crippen LogP contribution in [0.4, 0.5) is 17.1 Å². The highest BCUT2D eigenvalue weighted by Crippen LogP contribution is 2.34. The number of nitrogen functional groups attached to an aromatic ring is 1. The molecule has 0 aliphatic heterocycles. The highest BCUT2D eigenvalue weighted by Gasteiger charge is 2.23. The van der Waals surface area contributed by atoms with Crippen LogP contribution in [0.25, 0.3) is 0 Å². The number of benzene rings is 1. The fraction of sp³-hybridized carbons (Fsp3) is 0.500. The van der Waals surface area contributed by atoms with Crippen LogP contribution in [0.1, 0.15) is 20.8 Å². The molecule has 0 aromatic heterocycles. The molecule has 17 heavy (non-hydrogen) atoms. The highest BCUT2D eigenvalue weighted by atomic mass is 16.6. The molecule has 0 amide bonds. The predicted molar refractivity (Wildman–Crippen MR) is 70.2 cm³/mol. The van der Waals surface area contributed by atoms with E-state index in [-0.39, 0.29) is 16.8 Å². The summed E-state index contributed by atoms with van der Waals surface area (Å²) in [5.74, 6) is 0. The number of rotatable bonds is 3. The fourth-order valence-corrected chi connectivity index (χ4v) is 1.85. The average Bonchev–Trinajstić information content (AvgIpc) is 2.13. The summed E-state index contributed by atoms with van der Waals surface area (Å²) in [7, 11) is 1.84. The maximum atomic E-state index is 11.0. The second-order valence-electron chi connectivity index (χ2n) is 5.39. The Labute approximate surface area is 101 Å². The largest absolute Gasteiger partial charge is 0.393 e. The first-order chi connectivity index (χ1) is 7.72. The number of nitro groups is 1. The number of nitrogens with zero attached hydrogens (tertiary/aromatic N) is 2. The molecule has 0 spiro atoms. The van der Waals surface area contributed by atoms with Gasteiger partial charge < -0.3 is 10.6 Å². The van der Waals surface area contributed by atoms with Crippen LogP contribution >= 0.6 is 0 Å². The van der Waals surface area contributed by atoms with Crippen molar-refractivity contribution in [3.8, 4) is 0 Å². The topological polar surface area (TPSA) is 72.4 Å². The summed E-state index contributed by atoms with van der Waals surface area (Å²) < 4.78 is 0. The third kappa shape index (κ3) is 3.34. The minimum Gasteiger partial charge on any atom is -0.393 e. The Morgan fingerprint density at radius 2 is 2.00 bits per heavy atom. The van der Waals surface area contributed by atoms with Gasteiger partial charge in [-0.2, -0.15) is 0 Å². The number of nitrogens with two attached hydrogens (primary N) is 1. The summed E-state index contributed by atoms with van der Waals surface area (Å²) in [4.78, 5) is 12.5. The van der Waals surface area contributed by atoms with E-state index in [4.69, 9.17) is 5.73 Å². The lowest BCUT2D eigenvalue weighted by Gasteiger charge is -2.28. The van der Waals surface area contributed by atoms with Crippen molar-refractivity contribution in [2.75, 3.05) is 24.2 Å². The molecule has 5 nitrogen and oxygen atoms in total. The lowest BCUT2D eigenvalue weighted by Crippen LogP contribution is -2.29. The van der Waals surface area contributed by atoms with Crippen LogP contribution in [0, 0.1) is 15.5 Å². The summed E-state index contributed by atoms with van der Waals surface area (Å²) in [5.41, 5.74) is 6.47. The molecule has 0 atom stereocenters. The standard InChI is InChI=1S/C12H19N3O2/c1-12(2,3)8-14(4)10-7-5-6-9(13)11(10)15(16)17/h5-7H,8,13H2,1-4H3. The summed E-state index contributed by atoms with van der Waals surface area (Å²) >= 11 is 0. The van der Waals surface area contributed by atoms with Gasteiger partial charge in [0.15, 0.2) is 0 Å². The zero-order valence-electron chi connectivity index (χ0n) is 10.7. The molecule has 94 valence electrons. The summed E-state index contributed by atoms with van der Waals surface area (Å²) in [5, 5.41) is 11.0. The maximum absolute atomic E-state index is 11.0. The van der Waals surface area contributed by atoms with E-state index in [0.29, 0.717) is 5.69 Å². The minimum atomic E-state index is -0.427. The smallest absolute Gasteiger partial charge is 0.315 e. The number of anilines is 2. The summed E-state index contributed by atoms with van der Waals surface area (Å²) in [6, 6.07) is 5.00. The Bertz CT molecular complexity index is 424. The number of hydrogen-bond acceptors (Lipinski definition) is 4. The lowest BCUT2D eigenvalue weighted by atomic mass is 9.96. The molecule has 0 bridgehead atoms. The van der Waals surface area contributed by atoms with Gasteiger partial charge in [-0.05, 0) is 17.5 Å². The van der Waals surface area contributed by atoms with Gasteiger partial charge in [0.1, 0.15) is 11.4 Å². The van der Waals surface area contributed by atoms with Crippen LogP contribution in [0.3, 0.4) is 0 Å². The Balaban J connectivity index is 3.13. The van der Waals surface area contributed by atoms with Gasteiger partial charge >= 0.3 is 5.69 Å². The molecule has 0 heterocycles. The molecule has 5 heteroatoms. The van der Waals surface area contributed by atoms with Crippen LogP contribution in [0.2, 0.25) is 0 Å². The van der Waals surface area contributed by atoms with Gasteiger partial charge in [0, 0.05) is 13.6 Å². The molecule has 1 rings (SSSR count). The molecule has 0 saturated carbocycles. The van der Waals surface area contributed by atoms with Crippen molar-refractivity contribution in [2.45, 2.75) is 20.8 Å². The van der Waals surface area contributed by atoms with Crippen molar-refractivity contribution in [1.82, 2.24) is 0 Å². The molecular weight excluding hydrogens is 218 g/mol. The second kappa shape index (κ2) is 4.61. The van der Waals surface area contributed by atoms with E-state index >= 15 is 0 Å². The van der Waals surface area contributed by atoms with Crippen molar-refractivity contribution < 1.29 is 4.92 Å². The van der Waals surface area contributed by atoms with Gasteiger partial charge in [0.2, 0.25) is 0 Å². The van der Waals surface area contributed by atoms with Crippen LogP contribution in [0.5, 0.6) is 0 Å². The second-order valence-corrected chi connectivity index (χ2v) is 5.39.